The number of halogens is 6. The van der Waals surface area contributed by atoms with Gasteiger partial charge in [-0.2, -0.15) is 26.3 Å². The van der Waals surface area contributed by atoms with Crippen molar-refractivity contribution in [1.29, 1.82) is 0 Å². The van der Waals surface area contributed by atoms with Crippen LogP contribution in [-0.2, 0) is 23.2 Å². The summed E-state index contributed by atoms with van der Waals surface area (Å²) in [4.78, 5) is 7.76. The first-order chi connectivity index (χ1) is 15.7. The third-order valence-corrected chi connectivity index (χ3v) is 5.17. The highest BCUT2D eigenvalue weighted by atomic mass is 19.4. The molecule has 0 aliphatic heterocycles. The minimum Gasteiger partial charge on any atom is -0.507 e. The maximum Gasteiger partial charge on any atom is 0.416 e. The lowest BCUT2D eigenvalue weighted by Gasteiger charge is -2.23. The van der Waals surface area contributed by atoms with Gasteiger partial charge in [-0.25, -0.2) is 0 Å². The smallest absolute Gasteiger partial charge is 0.416 e. The summed E-state index contributed by atoms with van der Waals surface area (Å²) in [5, 5.41) is 20.9. The first-order valence-electron chi connectivity index (χ1n) is 10.6. The lowest BCUT2D eigenvalue weighted by molar-refractivity contribution is -0.138. The van der Waals surface area contributed by atoms with E-state index in [1.807, 2.05) is 0 Å². The molecule has 0 unspecified atom stereocenters. The second-order valence-electron chi connectivity index (χ2n) is 10.2. The molecule has 2 rings (SSSR count). The SMILES string of the molecule is CC(C)(C)c1cc(C(F)(F)F)cc(C=NCN=Cc2cc(C(F)(F)F)cc(C(C)(C)C)c2O)c1O. The zero-order valence-corrected chi connectivity index (χ0v) is 20.2. The molecule has 0 spiro atoms. The number of rotatable bonds is 4. The standard InChI is InChI=1S/C25H28F6N2O2/c1-22(2,3)18-9-16(24(26,27)28)7-14(20(18)34)11-32-13-33-12-15-8-17(25(29,30)31)10-19(21(15)35)23(4,5)6/h7-12,34-35H,13H2,1-6H3. The second kappa shape index (κ2) is 9.54. The quantitative estimate of drug-likeness (QED) is 0.342. The van der Waals surface area contributed by atoms with E-state index < -0.39 is 34.3 Å². The molecule has 0 fully saturated rings. The largest absolute Gasteiger partial charge is 0.507 e. The molecule has 0 radical (unpaired) electrons. The lowest BCUT2D eigenvalue weighted by atomic mass is 9.84. The fourth-order valence-corrected chi connectivity index (χ4v) is 3.31. The molecular weight excluding hydrogens is 474 g/mol. The van der Waals surface area contributed by atoms with Gasteiger partial charge in [0.15, 0.2) is 0 Å². The van der Waals surface area contributed by atoms with Crippen molar-refractivity contribution in [2.75, 3.05) is 6.67 Å². The van der Waals surface area contributed by atoms with Gasteiger partial charge in [-0.05, 0) is 35.1 Å². The Balaban J connectivity index is 2.39. The van der Waals surface area contributed by atoms with Gasteiger partial charge in [0.25, 0.3) is 0 Å². The van der Waals surface area contributed by atoms with Crippen LogP contribution in [0.5, 0.6) is 11.5 Å². The van der Waals surface area contributed by atoms with Crippen LogP contribution in [0.15, 0.2) is 34.3 Å². The van der Waals surface area contributed by atoms with E-state index in [0.717, 1.165) is 36.7 Å². The first-order valence-corrected chi connectivity index (χ1v) is 10.6. The summed E-state index contributed by atoms with van der Waals surface area (Å²) in [6.45, 7) is 9.56. The van der Waals surface area contributed by atoms with Crippen LogP contribution in [0.3, 0.4) is 0 Å². The highest BCUT2D eigenvalue weighted by Gasteiger charge is 2.35. The summed E-state index contributed by atoms with van der Waals surface area (Å²) < 4.78 is 79.9. The fraction of sp³-hybridized carbons (Fsp3) is 0.440. The van der Waals surface area contributed by atoms with Crippen molar-refractivity contribution >= 4 is 12.4 Å². The summed E-state index contributed by atoms with van der Waals surface area (Å²) in [5.41, 5.74) is -3.63. The van der Waals surface area contributed by atoms with Crippen LogP contribution in [-0.4, -0.2) is 29.3 Å². The summed E-state index contributed by atoms with van der Waals surface area (Å²) in [7, 11) is 0. The Hall–Kier alpha value is -3.04. The number of alkyl halides is 6. The Bertz CT molecular complexity index is 1050. The zero-order chi connectivity index (χ0) is 27.0. The number of benzene rings is 2. The van der Waals surface area contributed by atoms with Gasteiger partial charge in [-0.15, -0.1) is 0 Å². The third kappa shape index (κ3) is 6.99. The van der Waals surface area contributed by atoms with Gasteiger partial charge in [0.1, 0.15) is 18.2 Å². The van der Waals surface area contributed by atoms with Crippen molar-refractivity contribution in [2.24, 2.45) is 9.98 Å². The van der Waals surface area contributed by atoms with Gasteiger partial charge in [-0.3, -0.25) is 9.98 Å². The summed E-state index contributed by atoms with van der Waals surface area (Å²) in [5.74, 6) is -0.716. The molecular formula is C25H28F6N2O2. The lowest BCUT2D eigenvalue weighted by Crippen LogP contribution is -2.15. The Morgan fingerprint density at radius 2 is 0.943 bits per heavy atom. The van der Waals surface area contributed by atoms with E-state index in [4.69, 9.17) is 0 Å². The Morgan fingerprint density at radius 3 is 1.20 bits per heavy atom. The maximum absolute atomic E-state index is 13.3. The molecule has 0 amide bonds. The van der Waals surface area contributed by atoms with Gasteiger partial charge in [-0.1, -0.05) is 41.5 Å². The first kappa shape index (κ1) is 28.2. The topological polar surface area (TPSA) is 65.2 Å². The highest BCUT2D eigenvalue weighted by Crippen LogP contribution is 2.40. The van der Waals surface area contributed by atoms with Crippen LogP contribution in [0.2, 0.25) is 0 Å². The van der Waals surface area contributed by atoms with Crippen molar-refractivity contribution in [1.82, 2.24) is 0 Å². The van der Waals surface area contributed by atoms with Gasteiger partial charge in [0, 0.05) is 34.7 Å². The number of aromatic hydroxyl groups is 2. The molecule has 4 nitrogen and oxygen atoms in total. The van der Waals surface area contributed by atoms with Gasteiger partial charge < -0.3 is 10.2 Å². The normalized spacial score (nSPS) is 13.8. The van der Waals surface area contributed by atoms with Crippen LogP contribution in [0.1, 0.15) is 74.9 Å². The fourth-order valence-electron chi connectivity index (χ4n) is 3.31. The average Bonchev–Trinajstić information content (AvgIpc) is 2.66. The van der Waals surface area contributed by atoms with Crippen LogP contribution >= 0.6 is 0 Å². The summed E-state index contributed by atoms with van der Waals surface area (Å²) >= 11 is 0. The van der Waals surface area contributed by atoms with Crippen LogP contribution in [0, 0.1) is 0 Å². The second-order valence-corrected chi connectivity index (χ2v) is 10.2. The maximum atomic E-state index is 13.3. The van der Waals surface area contributed by atoms with Crippen molar-refractivity contribution in [3.63, 3.8) is 0 Å². The van der Waals surface area contributed by atoms with E-state index in [1.165, 1.54) is 0 Å². The number of phenols is 2. The molecule has 2 aromatic rings. The molecule has 192 valence electrons. The van der Waals surface area contributed by atoms with Gasteiger partial charge >= 0.3 is 12.4 Å². The van der Waals surface area contributed by atoms with Crippen LogP contribution < -0.4 is 0 Å². The predicted octanol–water partition coefficient (Wildman–Crippen LogP) is 7.23. The van der Waals surface area contributed by atoms with Crippen molar-refractivity contribution in [3.8, 4) is 11.5 Å². The van der Waals surface area contributed by atoms with E-state index in [0.29, 0.717) is 0 Å². The van der Waals surface area contributed by atoms with E-state index in [9.17, 15) is 36.6 Å². The van der Waals surface area contributed by atoms with Crippen molar-refractivity contribution < 1.29 is 36.6 Å². The van der Waals surface area contributed by atoms with Gasteiger partial charge in [0.2, 0.25) is 0 Å². The number of aliphatic imine (C=N–C) groups is 2. The number of hydrogen-bond acceptors (Lipinski definition) is 4. The zero-order valence-electron chi connectivity index (χ0n) is 20.2. The van der Waals surface area contributed by atoms with Crippen molar-refractivity contribution in [3.05, 3.63) is 57.6 Å². The van der Waals surface area contributed by atoms with Crippen LogP contribution in [0.4, 0.5) is 26.3 Å². The molecule has 0 bridgehead atoms. The monoisotopic (exact) mass is 502 g/mol. The number of phenolic OH excluding ortho intramolecular Hbond substituents is 2. The highest BCUT2D eigenvalue weighted by molar-refractivity contribution is 5.86. The molecule has 2 aromatic carbocycles. The molecule has 10 heteroatoms. The summed E-state index contributed by atoms with van der Waals surface area (Å²) in [6, 6.07) is 3.28. The van der Waals surface area contributed by atoms with Gasteiger partial charge in [0.05, 0.1) is 11.1 Å². The molecule has 2 N–H and O–H groups in total. The Labute approximate surface area is 200 Å². The number of nitrogens with zero attached hydrogens (tertiary/aromatic N) is 2. The van der Waals surface area contributed by atoms with E-state index >= 15 is 0 Å². The van der Waals surface area contributed by atoms with E-state index in [-0.39, 0.29) is 40.4 Å². The van der Waals surface area contributed by atoms with Crippen LogP contribution in [0.25, 0.3) is 0 Å². The predicted molar refractivity (Wildman–Crippen MR) is 124 cm³/mol. The minimum atomic E-state index is -4.64. The average molecular weight is 502 g/mol. The van der Waals surface area contributed by atoms with E-state index in [2.05, 4.69) is 9.98 Å². The summed E-state index contributed by atoms with van der Waals surface area (Å²) in [6.07, 6.45) is -7.24. The van der Waals surface area contributed by atoms with E-state index in [1.54, 1.807) is 41.5 Å². The molecule has 35 heavy (non-hydrogen) atoms. The molecule has 0 aliphatic carbocycles. The minimum absolute atomic E-state index is 0.0841. The molecule has 0 aliphatic rings. The molecule has 0 heterocycles. The Kier molecular flexibility index (Phi) is 7.69. The molecule has 0 aromatic heterocycles. The molecule has 0 saturated heterocycles. The Morgan fingerprint density at radius 1 is 0.629 bits per heavy atom. The molecule has 0 saturated carbocycles. The molecule has 0 atom stereocenters. The third-order valence-electron chi connectivity index (χ3n) is 5.17. The number of hydrogen-bond donors (Lipinski definition) is 2. The van der Waals surface area contributed by atoms with Crippen molar-refractivity contribution in [2.45, 2.75) is 64.7 Å².